The minimum absolute atomic E-state index is 0.139. The van der Waals surface area contributed by atoms with Gasteiger partial charge in [-0.3, -0.25) is 19.4 Å². The number of carbonyl (C=O) groups is 4. The highest BCUT2D eigenvalue weighted by molar-refractivity contribution is 7.88. The van der Waals surface area contributed by atoms with E-state index in [0.717, 1.165) is 24.0 Å². The quantitative estimate of drug-likeness (QED) is 0.167. The highest BCUT2D eigenvalue weighted by Gasteiger charge is 2.39. The van der Waals surface area contributed by atoms with E-state index in [1.807, 2.05) is 12.1 Å². The van der Waals surface area contributed by atoms with Crippen LogP contribution < -0.4 is 20.5 Å². The van der Waals surface area contributed by atoms with Crippen molar-refractivity contribution >= 4 is 34.0 Å². The van der Waals surface area contributed by atoms with Gasteiger partial charge in [-0.1, -0.05) is 18.9 Å². The van der Waals surface area contributed by atoms with Gasteiger partial charge in [-0.05, 0) is 89.0 Å². The Balaban J connectivity index is 1.41. The van der Waals surface area contributed by atoms with Crippen LogP contribution in [0.3, 0.4) is 0 Å². The van der Waals surface area contributed by atoms with Crippen LogP contribution in [0.5, 0.6) is 0 Å². The van der Waals surface area contributed by atoms with Gasteiger partial charge in [-0.2, -0.15) is 13.1 Å². The summed E-state index contributed by atoms with van der Waals surface area (Å²) in [6.07, 6.45) is 9.74. The standard InChI is InChI=1S/C30H44N6O7S/c1-30(2,3)43-29(40)34-24(28(39)36-18-10-14-25(36)26(31)37)13-8-6-4-5-7-12-22-19-23(22)27(38)35-44(41,42)33-17-15-21-11-9-16-32-20-21/h7,9,11,16,20,23-25,33H,4-6,8,10,13-15,17-19H2,1-3H3,(H2,31,37)(H,34,40)(H,35,38)/t12?,23-,24+,25-/m0/s1. The minimum Gasteiger partial charge on any atom is -0.444 e. The normalized spacial score (nSPS) is 18.6. The summed E-state index contributed by atoms with van der Waals surface area (Å²) in [7, 11) is -3.96. The summed E-state index contributed by atoms with van der Waals surface area (Å²) in [6, 6.07) is 2.09. The number of pyridine rings is 1. The smallest absolute Gasteiger partial charge is 0.408 e. The maximum Gasteiger partial charge on any atom is 0.408 e. The van der Waals surface area contributed by atoms with Gasteiger partial charge in [0, 0.05) is 25.5 Å². The molecule has 0 radical (unpaired) electrons. The van der Waals surface area contributed by atoms with E-state index in [1.165, 1.54) is 4.90 Å². The maximum atomic E-state index is 13.2. The van der Waals surface area contributed by atoms with E-state index in [-0.39, 0.29) is 12.5 Å². The zero-order chi connectivity index (χ0) is 32.3. The molecule has 44 heavy (non-hydrogen) atoms. The Morgan fingerprint density at radius 2 is 2.00 bits per heavy atom. The Labute approximate surface area is 259 Å². The Hall–Kier alpha value is -3.74. The average molecular weight is 633 g/mol. The second-order valence-electron chi connectivity index (χ2n) is 12.0. The largest absolute Gasteiger partial charge is 0.444 e. The molecule has 0 spiro atoms. The third-order valence-corrected chi connectivity index (χ3v) is 8.20. The summed E-state index contributed by atoms with van der Waals surface area (Å²) < 4.78 is 34.1. The molecule has 2 aliphatic rings. The molecule has 2 heterocycles. The number of hydrogen-bond acceptors (Lipinski definition) is 8. The molecule has 0 bridgehead atoms. The van der Waals surface area contributed by atoms with Crippen LogP contribution in [-0.2, 0) is 35.8 Å². The van der Waals surface area contributed by atoms with E-state index in [9.17, 15) is 27.6 Å². The van der Waals surface area contributed by atoms with Crippen molar-refractivity contribution in [2.75, 3.05) is 13.1 Å². The molecule has 13 nitrogen and oxygen atoms in total. The number of ether oxygens (including phenoxy) is 1. The van der Waals surface area contributed by atoms with Crippen LogP contribution in [0.4, 0.5) is 4.79 Å². The van der Waals surface area contributed by atoms with Crippen LogP contribution in [0.2, 0.25) is 0 Å². The van der Waals surface area contributed by atoms with Crippen molar-refractivity contribution in [2.24, 2.45) is 11.7 Å². The lowest BCUT2D eigenvalue weighted by Crippen LogP contribution is -2.53. The lowest BCUT2D eigenvalue weighted by molar-refractivity contribution is -0.139. The molecular weight excluding hydrogens is 588 g/mol. The van der Waals surface area contributed by atoms with Gasteiger partial charge in [-0.15, -0.1) is 5.73 Å². The number of rotatable bonds is 15. The number of carbonyl (C=O) groups excluding carboxylic acids is 4. The Bertz CT molecular complexity index is 1350. The second kappa shape index (κ2) is 15.8. The van der Waals surface area contributed by atoms with Crippen molar-refractivity contribution in [3.05, 3.63) is 47.5 Å². The summed E-state index contributed by atoms with van der Waals surface area (Å²) in [5.41, 5.74) is 9.47. The molecule has 3 rings (SSSR count). The Kier molecular flexibility index (Phi) is 12.5. The first-order chi connectivity index (χ1) is 20.8. The van der Waals surface area contributed by atoms with Crippen molar-refractivity contribution in [1.29, 1.82) is 0 Å². The second-order valence-corrected chi connectivity index (χ2v) is 13.5. The third-order valence-electron chi connectivity index (χ3n) is 7.15. The molecule has 0 unspecified atom stereocenters. The summed E-state index contributed by atoms with van der Waals surface area (Å²) in [6.45, 7) is 5.75. The van der Waals surface area contributed by atoms with E-state index in [4.69, 9.17) is 10.5 Å². The predicted octanol–water partition coefficient (Wildman–Crippen LogP) is 2.00. The average Bonchev–Trinajstić information content (AvgIpc) is 3.54. The van der Waals surface area contributed by atoms with Gasteiger partial charge in [-0.25, -0.2) is 9.52 Å². The van der Waals surface area contributed by atoms with E-state index >= 15 is 0 Å². The number of nitrogens with one attached hydrogen (secondary N) is 3. The Morgan fingerprint density at radius 1 is 1.23 bits per heavy atom. The van der Waals surface area contributed by atoms with Crippen molar-refractivity contribution in [2.45, 2.75) is 96.2 Å². The van der Waals surface area contributed by atoms with Gasteiger partial charge >= 0.3 is 16.3 Å². The monoisotopic (exact) mass is 632 g/mol. The topological polar surface area (TPSA) is 190 Å². The van der Waals surface area contributed by atoms with E-state index in [2.05, 4.69) is 25.5 Å². The fourth-order valence-electron chi connectivity index (χ4n) is 4.90. The van der Waals surface area contributed by atoms with Crippen LogP contribution in [0, 0.1) is 5.92 Å². The molecule has 5 N–H and O–H groups in total. The predicted molar refractivity (Wildman–Crippen MR) is 163 cm³/mol. The number of likely N-dealkylation sites (tertiary alicyclic amines) is 1. The van der Waals surface area contributed by atoms with E-state index < -0.39 is 51.7 Å². The molecule has 14 heteroatoms. The molecule has 1 aromatic heterocycles. The summed E-state index contributed by atoms with van der Waals surface area (Å²) in [5, 5.41) is 2.67. The number of aromatic nitrogens is 1. The van der Waals surface area contributed by atoms with Crippen LogP contribution in [-0.4, -0.2) is 72.9 Å². The lowest BCUT2D eigenvalue weighted by Gasteiger charge is -2.28. The van der Waals surface area contributed by atoms with Gasteiger partial charge in [0.2, 0.25) is 17.7 Å². The van der Waals surface area contributed by atoms with Crippen molar-refractivity contribution < 1.29 is 32.3 Å². The van der Waals surface area contributed by atoms with Crippen molar-refractivity contribution in [1.82, 2.24) is 24.6 Å². The van der Waals surface area contributed by atoms with Gasteiger partial charge < -0.3 is 20.7 Å². The molecule has 1 saturated carbocycles. The summed E-state index contributed by atoms with van der Waals surface area (Å²) >= 11 is 0. The molecule has 1 saturated heterocycles. The molecule has 1 aromatic rings. The first-order valence-corrected chi connectivity index (χ1v) is 16.5. The number of primary amides is 1. The fourth-order valence-corrected chi connectivity index (χ4v) is 5.75. The van der Waals surface area contributed by atoms with Crippen molar-refractivity contribution in [3.63, 3.8) is 0 Å². The fraction of sp³-hybridized carbons (Fsp3) is 0.600. The van der Waals surface area contributed by atoms with E-state index in [0.29, 0.717) is 51.5 Å². The molecule has 0 aromatic carbocycles. The number of unbranched alkanes of at least 4 members (excludes halogenated alkanes) is 3. The highest BCUT2D eigenvalue weighted by atomic mass is 32.2. The SMILES string of the molecule is CC(C)(C)OC(=O)N[C@H](CCCCCC=C=C1C[C@@H]1C(=O)NS(=O)(=O)NCCc1cccnc1)C(=O)N1CCC[C@H]1C(N)=O. The molecule has 4 amide bonds. The molecule has 1 aliphatic heterocycles. The summed E-state index contributed by atoms with van der Waals surface area (Å²) in [4.78, 5) is 55.3. The van der Waals surface area contributed by atoms with E-state index in [1.54, 1.807) is 39.2 Å². The molecule has 3 atom stereocenters. The molecule has 1 aliphatic carbocycles. The first kappa shape index (κ1) is 34.7. The number of amides is 4. The third kappa shape index (κ3) is 11.7. The zero-order valence-corrected chi connectivity index (χ0v) is 26.5. The maximum absolute atomic E-state index is 13.2. The number of hydrogen-bond donors (Lipinski definition) is 4. The molecule has 242 valence electrons. The van der Waals surface area contributed by atoms with Crippen LogP contribution in [0.1, 0.15) is 77.7 Å². The van der Waals surface area contributed by atoms with Gasteiger partial charge in [0.05, 0.1) is 5.92 Å². The van der Waals surface area contributed by atoms with Crippen LogP contribution >= 0.6 is 0 Å². The van der Waals surface area contributed by atoms with Gasteiger partial charge in [0.25, 0.3) is 0 Å². The zero-order valence-electron chi connectivity index (χ0n) is 25.6. The highest BCUT2D eigenvalue weighted by Crippen LogP contribution is 2.36. The van der Waals surface area contributed by atoms with Gasteiger partial charge in [0.1, 0.15) is 17.7 Å². The van der Waals surface area contributed by atoms with Crippen molar-refractivity contribution in [3.8, 4) is 0 Å². The number of nitrogens with zero attached hydrogens (tertiary/aromatic N) is 2. The molecule has 2 fully saturated rings. The summed E-state index contributed by atoms with van der Waals surface area (Å²) in [5.74, 6) is -2.00. The lowest BCUT2D eigenvalue weighted by atomic mass is 10.1. The number of nitrogens with two attached hydrogens (primary N) is 1. The minimum atomic E-state index is -3.96. The van der Waals surface area contributed by atoms with Gasteiger partial charge in [0.15, 0.2) is 0 Å². The number of alkyl carbamates (subject to hydrolysis) is 1. The van der Waals surface area contributed by atoms with Crippen LogP contribution in [0.15, 0.2) is 41.9 Å². The van der Waals surface area contributed by atoms with Crippen LogP contribution in [0.25, 0.3) is 0 Å². The Morgan fingerprint density at radius 3 is 2.68 bits per heavy atom. The molecular formula is C30H44N6O7S. The first-order valence-electron chi connectivity index (χ1n) is 15.0.